The standard InChI is InChI=1S/C11H13BrF2N2O2/c1-2-18-10(17)4-8-7(12)3-6(11(13)14)9(5-15)16-8/h3,11H,2,4-5,15H2,1H3. The summed E-state index contributed by atoms with van der Waals surface area (Å²) in [6.07, 6.45) is -2.73. The molecule has 0 radical (unpaired) electrons. The number of aromatic nitrogens is 1. The first kappa shape index (κ1) is 15.0. The van der Waals surface area contributed by atoms with Crippen LogP contribution in [0.3, 0.4) is 0 Å². The fourth-order valence-corrected chi connectivity index (χ4v) is 1.88. The Bertz CT molecular complexity index is 441. The number of rotatable bonds is 5. The van der Waals surface area contributed by atoms with E-state index < -0.39 is 12.4 Å². The second kappa shape index (κ2) is 6.75. The van der Waals surface area contributed by atoms with Gasteiger partial charge in [0.1, 0.15) is 0 Å². The first-order chi connectivity index (χ1) is 8.49. The fourth-order valence-electron chi connectivity index (χ4n) is 1.41. The summed E-state index contributed by atoms with van der Waals surface area (Å²) in [4.78, 5) is 15.3. The van der Waals surface area contributed by atoms with E-state index in [1.54, 1.807) is 6.92 Å². The number of halogens is 3. The molecule has 4 nitrogen and oxygen atoms in total. The van der Waals surface area contributed by atoms with Gasteiger partial charge < -0.3 is 10.5 Å². The molecule has 0 bridgehead atoms. The SMILES string of the molecule is CCOC(=O)Cc1nc(CN)c(C(F)F)cc1Br. The van der Waals surface area contributed by atoms with Crippen molar-refractivity contribution in [1.82, 2.24) is 4.98 Å². The quantitative estimate of drug-likeness (QED) is 0.845. The summed E-state index contributed by atoms with van der Waals surface area (Å²) in [5.41, 5.74) is 5.58. The molecule has 7 heteroatoms. The molecule has 0 saturated carbocycles. The molecule has 0 aromatic carbocycles. The Balaban J connectivity index is 3.04. The van der Waals surface area contributed by atoms with E-state index in [0.29, 0.717) is 10.2 Å². The predicted octanol–water partition coefficient (Wildman–Crippen LogP) is 2.35. The summed E-state index contributed by atoms with van der Waals surface area (Å²) in [6, 6.07) is 1.24. The summed E-state index contributed by atoms with van der Waals surface area (Å²) in [5.74, 6) is -0.460. The molecule has 0 spiro atoms. The van der Waals surface area contributed by atoms with Crippen molar-refractivity contribution in [3.05, 3.63) is 27.5 Å². The van der Waals surface area contributed by atoms with Gasteiger partial charge in [0.2, 0.25) is 0 Å². The monoisotopic (exact) mass is 322 g/mol. The Hall–Kier alpha value is -1.08. The fraction of sp³-hybridized carbons (Fsp3) is 0.455. The van der Waals surface area contributed by atoms with Gasteiger partial charge in [-0.1, -0.05) is 0 Å². The van der Waals surface area contributed by atoms with E-state index in [0.717, 1.165) is 0 Å². The van der Waals surface area contributed by atoms with Crippen molar-refractivity contribution in [3.63, 3.8) is 0 Å². The number of alkyl halides is 2. The van der Waals surface area contributed by atoms with Crippen LogP contribution in [0.5, 0.6) is 0 Å². The second-order valence-corrected chi connectivity index (χ2v) is 4.29. The molecule has 0 atom stereocenters. The number of pyridine rings is 1. The normalized spacial score (nSPS) is 10.8. The highest BCUT2D eigenvalue weighted by Crippen LogP contribution is 2.27. The van der Waals surface area contributed by atoms with Gasteiger partial charge in [-0.05, 0) is 28.9 Å². The van der Waals surface area contributed by atoms with Crippen LogP contribution in [0.25, 0.3) is 0 Å². The smallest absolute Gasteiger partial charge is 0.311 e. The average molecular weight is 323 g/mol. The molecule has 0 aliphatic carbocycles. The number of hydrogen-bond donors (Lipinski definition) is 1. The van der Waals surface area contributed by atoms with E-state index in [2.05, 4.69) is 20.9 Å². The molecular formula is C11H13BrF2N2O2. The first-order valence-corrected chi connectivity index (χ1v) is 6.10. The van der Waals surface area contributed by atoms with Gasteiger partial charge in [0.05, 0.1) is 24.4 Å². The molecule has 0 aliphatic rings. The van der Waals surface area contributed by atoms with Crippen molar-refractivity contribution in [1.29, 1.82) is 0 Å². The number of nitrogens with zero attached hydrogens (tertiary/aromatic N) is 1. The van der Waals surface area contributed by atoms with Crippen LogP contribution in [-0.4, -0.2) is 17.6 Å². The Labute approximate surface area is 112 Å². The van der Waals surface area contributed by atoms with Crippen molar-refractivity contribution in [2.45, 2.75) is 26.3 Å². The van der Waals surface area contributed by atoms with Crippen LogP contribution in [0.4, 0.5) is 8.78 Å². The lowest BCUT2D eigenvalue weighted by molar-refractivity contribution is -0.142. The van der Waals surface area contributed by atoms with Crippen molar-refractivity contribution >= 4 is 21.9 Å². The summed E-state index contributed by atoms with van der Waals surface area (Å²) in [6.45, 7) is 1.84. The number of hydrogen-bond acceptors (Lipinski definition) is 4. The third kappa shape index (κ3) is 3.71. The average Bonchev–Trinajstić information content (AvgIpc) is 2.31. The van der Waals surface area contributed by atoms with Gasteiger partial charge in [0.25, 0.3) is 6.43 Å². The van der Waals surface area contributed by atoms with Crippen LogP contribution in [-0.2, 0) is 22.5 Å². The predicted molar refractivity (Wildman–Crippen MR) is 65.1 cm³/mol. The summed E-state index contributed by atoms with van der Waals surface area (Å²) in [7, 11) is 0. The lowest BCUT2D eigenvalue weighted by Gasteiger charge is -2.10. The van der Waals surface area contributed by atoms with Gasteiger partial charge in [-0.3, -0.25) is 9.78 Å². The lowest BCUT2D eigenvalue weighted by atomic mass is 10.1. The largest absolute Gasteiger partial charge is 0.466 e. The Morgan fingerprint density at radius 1 is 1.56 bits per heavy atom. The molecule has 1 rings (SSSR count). The highest BCUT2D eigenvalue weighted by molar-refractivity contribution is 9.10. The van der Waals surface area contributed by atoms with Crippen molar-refractivity contribution in [2.24, 2.45) is 5.73 Å². The molecule has 0 aliphatic heterocycles. The van der Waals surface area contributed by atoms with E-state index in [-0.39, 0.29) is 30.8 Å². The lowest BCUT2D eigenvalue weighted by Crippen LogP contribution is -2.13. The third-order valence-corrected chi connectivity index (χ3v) is 2.89. The van der Waals surface area contributed by atoms with Gasteiger partial charge in [-0.25, -0.2) is 8.78 Å². The van der Waals surface area contributed by atoms with Crippen LogP contribution in [0.2, 0.25) is 0 Å². The molecule has 1 aromatic rings. The molecule has 100 valence electrons. The number of esters is 1. The second-order valence-electron chi connectivity index (χ2n) is 3.44. The van der Waals surface area contributed by atoms with E-state index in [1.165, 1.54) is 6.07 Å². The highest BCUT2D eigenvalue weighted by atomic mass is 79.9. The minimum atomic E-state index is -2.65. The van der Waals surface area contributed by atoms with Gasteiger partial charge in [0.15, 0.2) is 0 Å². The maximum Gasteiger partial charge on any atom is 0.311 e. The zero-order valence-corrected chi connectivity index (χ0v) is 11.3. The van der Waals surface area contributed by atoms with E-state index in [9.17, 15) is 13.6 Å². The van der Waals surface area contributed by atoms with Gasteiger partial charge in [-0.2, -0.15) is 0 Å². The molecule has 1 aromatic heterocycles. The molecule has 0 saturated heterocycles. The summed E-state index contributed by atoms with van der Waals surface area (Å²) in [5, 5.41) is 0. The highest BCUT2D eigenvalue weighted by Gasteiger charge is 2.18. The van der Waals surface area contributed by atoms with Crippen molar-refractivity contribution in [3.8, 4) is 0 Å². The number of nitrogens with two attached hydrogens (primary N) is 1. The molecule has 2 N–H and O–H groups in total. The van der Waals surface area contributed by atoms with Crippen LogP contribution in [0, 0.1) is 0 Å². The number of ether oxygens (including phenoxy) is 1. The molecule has 0 amide bonds. The molecule has 0 unspecified atom stereocenters. The van der Waals surface area contributed by atoms with Gasteiger partial charge >= 0.3 is 5.97 Å². The topological polar surface area (TPSA) is 65.2 Å². The van der Waals surface area contributed by atoms with Crippen LogP contribution in [0.15, 0.2) is 10.5 Å². The molecular weight excluding hydrogens is 310 g/mol. The minimum absolute atomic E-state index is 0.0784. The van der Waals surface area contributed by atoms with E-state index in [1.807, 2.05) is 0 Å². The zero-order valence-electron chi connectivity index (χ0n) is 9.75. The van der Waals surface area contributed by atoms with Crippen LogP contribution < -0.4 is 5.73 Å². The molecule has 18 heavy (non-hydrogen) atoms. The van der Waals surface area contributed by atoms with Crippen molar-refractivity contribution in [2.75, 3.05) is 6.61 Å². The summed E-state index contributed by atoms with van der Waals surface area (Å²) >= 11 is 3.11. The van der Waals surface area contributed by atoms with Crippen LogP contribution in [0.1, 0.15) is 30.3 Å². The van der Waals surface area contributed by atoms with Gasteiger partial charge in [0, 0.05) is 16.6 Å². The molecule has 0 fully saturated rings. The minimum Gasteiger partial charge on any atom is -0.466 e. The summed E-state index contributed by atoms with van der Waals surface area (Å²) < 4.78 is 30.5. The maximum absolute atomic E-state index is 12.7. The number of carbonyl (C=O) groups is 1. The molecule has 1 heterocycles. The Morgan fingerprint density at radius 3 is 2.72 bits per heavy atom. The first-order valence-electron chi connectivity index (χ1n) is 5.31. The van der Waals surface area contributed by atoms with E-state index in [4.69, 9.17) is 10.5 Å². The van der Waals surface area contributed by atoms with Gasteiger partial charge in [-0.15, -0.1) is 0 Å². The number of carbonyl (C=O) groups excluding carboxylic acids is 1. The van der Waals surface area contributed by atoms with Crippen molar-refractivity contribution < 1.29 is 18.3 Å². The van der Waals surface area contributed by atoms with Crippen LogP contribution >= 0.6 is 15.9 Å². The Kier molecular flexibility index (Phi) is 5.61. The third-order valence-electron chi connectivity index (χ3n) is 2.21. The zero-order chi connectivity index (χ0) is 13.7. The Morgan fingerprint density at radius 2 is 2.22 bits per heavy atom. The van der Waals surface area contributed by atoms with E-state index >= 15 is 0 Å². The maximum atomic E-state index is 12.7.